The molecule has 3 heteroatoms. The predicted octanol–water partition coefficient (Wildman–Crippen LogP) is 0.491. The monoisotopic (exact) mass is 131 g/mol. The van der Waals surface area contributed by atoms with Gasteiger partial charge in [0, 0.05) is 5.56 Å². The number of halogens is 1. The quantitative estimate of drug-likeness (QED) is 0.470. The molecule has 0 saturated heterocycles. The van der Waals surface area contributed by atoms with E-state index < -0.39 is 5.82 Å². The van der Waals surface area contributed by atoms with E-state index in [-0.39, 0.29) is 11.0 Å². The maximum absolute atomic E-state index is 12.5. The number of nitrogens with zero attached hydrogens (tertiary/aromatic N) is 1. The Morgan fingerprint density at radius 1 is 1.50 bits per heavy atom. The molecule has 0 bridgehead atoms. The number of hydrogen-bond donors (Lipinski definition) is 0. The van der Waals surface area contributed by atoms with E-state index in [0.717, 1.165) is 0 Å². The molecule has 0 aromatic heterocycles. The molecule has 0 saturated carbocycles. The Bertz CT molecular complexity index is 290. The van der Waals surface area contributed by atoms with Crippen LogP contribution in [0.3, 0.4) is 0 Å². The van der Waals surface area contributed by atoms with Gasteiger partial charge in [-0.05, 0) is 17.6 Å². The van der Waals surface area contributed by atoms with E-state index in [1.807, 2.05) is 0 Å². The zero-order valence-electron chi connectivity index (χ0n) is 5.13. The van der Waals surface area contributed by atoms with Crippen molar-refractivity contribution in [2.45, 2.75) is 0 Å². The van der Waals surface area contributed by atoms with Gasteiger partial charge in [-0.25, -0.2) is 4.39 Å². The molecule has 0 heterocycles. The molecule has 1 nitrogen and oxygen atoms in total. The first-order valence-electron chi connectivity index (χ1n) is 2.70. The van der Waals surface area contributed by atoms with Gasteiger partial charge in [-0.15, -0.1) is 0 Å². The van der Waals surface area contributed by atoms with E-state index in [1.54, 1.807) is 6.07 Å². The van der Waals surface area contributed by atoms with Crippen molar-refractivity contribution in [1.82, 2.24) is 0 Å². The van der Waals surface area contributed by atoms with Gasteiger partial charge in [-0.3, -0.25) is 0 Å². The van der Waals surface area contributed by atoms with Crippen molar-refractivity contribution < 1.29 is 4.39 Å². The molecule has 0 unspecified atom stereocenters. The summed E-state index contributed by atoms with van der Waals surface area (Å²) in [6.07, 6.45) is 0. The van der Waals surface area contributed by atoms with Crippen molar-refractivity contribution in [2.24, 2.45) is 0 Å². The van der Waals surface area contributed by atoms with E-state index in [2.05, 4.69) is 0 Å². The molecule has 1 aromatic carbocycles. The summed E-state index contributed by atoms with van der Waals surface area (Å²) in [7, 11) is 5.20. The highest BCUT2D eigenvalue weighted by molar-refractivity contribution is 6.33. The minimum Gasteiger partial charge on any atom is -0.208 e. The van der Waals surface area contributed by atoms with Crippen LogP contribution in [0.4, 0.5) is 4.39 Å². The van der Waals surface area contributed by atoms with E-state index in [0.29, 0.717) is 0 Å². The number of nitriles is 1. The van der Waals surface area contributed by atoms with Crippen LogP contribution in [-0.2, 0) is 0 Å². The fraction of sp³-hybridized carbons (Fsp3) is 0. The van der Waals surface area contributed by atoms with Crippen molar-refractivity contribution in [2.75, 3.05) is 0 Å². The van der Waals surface area contributed by atoms with Gasteiger partial charge >= 0.3 is 0 Å². The maximum Gasteiger partial charge on any atom is 0.119 e. The summed E-state index contributed by atoms with van der Waals surface area (Å²) in [5, 5.41) is 8.35. The van der Waals surface area contributed by atoms with Gasteiger partial charge in [-0.2, -0.15) is 5.26 Å². The second kappa shape index (κ2) is 2.53. The van der Waals surface area contributed by atoms with Crippen molar-refractivity contribution in [3.05, 3.63) is 29.6 Å². The topological polar surface area (TPSA) is 23.8 Å². The Balaban J connectivity index is 3.31. The molecular weight excluding hydrogens is 128 g/mol. The lowest BCUT2D eigenvalue weighted by Crippen LogP contribution is -2.12. The zero-order chi connectivity index (χ0) is 7.56. The minimum absolute atomic E-state index is 0.0787. The summed E-state index contributed by atoms with van der Waals surface area (Å²) in [5.74, 6) is -0.543. The predicted molar refractivity (Wildman–Crippen MR) is 36.5 cm³/mol. The van der Waals surface area contributed by atoms with Crippen LogP contribution >= 0.6 is 0 Å². The highest BCUT2D eigenvalue weighted by Gasteiger charge is 1.99. The molecule has 0 aliphatic heterocycles. The first kappa shape index (κ1) is 6.82. The van der Waals surface area contributed by atoms with Gasteiger partial charge in [0.15, 0.2) is 0 Å². The van der Waals surface area contributed by atoms with Crippen molar-refractivity contribution >= 4 is 13.3 Å². The van der Waals surface area contributed by atoms with Gasteiger partial charge in [0.2, 0.25) is 0 Å². The normalized spacial score (nSPS) is 8.80. The van der Waals surface area contributed by atoms with E-state index >= 15 is 0 Å². The lowest BCUT2D eigenvalue weighted by atomic mass is 9.91. The van der Waals surface area contributed by atoms with Crippen molar-refractivity contribution in [3.8, 4) is 6.07 Å². The van der Waals surface area contributed by atoms with Gasteiger partial charge in [0.1, 0.15) is 13.7 Å². The largest absolute Gasteiger partial charge is 0.208 e. The summed E-state index contributed by atoms with van der Waals surface area (Å²) in [6, 6.07) is 5.91. The summed E-state index contributed by atoms with van der Waals surface area (Å²) >= 11 is 0. The Kier molecular flexibility index (Phi) is 1.72. The van der Waals surface area contributed by atoms with E-state index in [1.165, 1.54) is 18.2 Å². The Hall–Kier alpha value is -1.30. The summed E-state index contributed by atoms with van der Waals surface area (Å²) in [6.45, 7) is 0. The average molecular weight is 131 g/mol. The Morgan fingerprint density at radius 2 is 2.20 bits per heavy atom. The highest BCUT2D eigenvalue weighted by Crippen LogP contribution is 1.96. The summed E-state index contributed by atoms with van der Waals surface area (Å²) in [5.41, 5.74) is 0.102. The molecule has 1 rings (SSSR count). The smallest absolute Gasteiger partial charge is 0.119 e. The van der Waals surface area contributed by atoms with Crippen LogP contribution in [0.25, 0.3) is 0 Å². The highest BCUT2D eigenvalue weighted by atomic mass is 19.1. The molecule has 46 valence electrons. The van der Waals surface area contributed by atoms with Crippen molar-refractivity contribution in [3.63, 3.8) is 0 Å². The first-order chi connectivity index (χ1) is 4.75. The van der Waals surface area contributed by atoms with Crippen LogP contribution in [0.1, 0.15) is 5.56 Å². The van der Waals surface area contributed by atoms with E-state index in [9.17, 15) is 4.39 Å². The van der Waals surface area contributed by atoms with Crippen LogP contribution in [-0.4, -0.2) is 7.85 Å². The minimum atomic E-state index is -0.543. The van der Waals surface area contributed by atoms with E-state index in [4.69, 9.17) is 13.1 Å². The maximum atomic E-state index is 12.5. The lowest BCUT2D eigenvalue weighted by molar-refractivity contribution is 0.636. The van der Waals surface area contributed by atoms with Crippen LogP contribution in [0.2, 0.25) is 0 Å². The molecule has 2 radical (unpaired) electrons. The molecule has 1 aromatic rings. The zero-order valence-corrected chi connectivity index (χ0v) is 5.13. The second-order valence-corrected chi connectivity index (χ2v) is 1.81. The van der Waals surface area contributed by atoms with Gasteiger partial charge in [-0.1, -0.05) is 6.07 Å². The van der Waals surface area contributed by atoms with Crippen LogP contribution < -0.4 is 5.46 Å². The summed E-state index contributed by atoms with van der Waals surface area (Å²) in [4.78, 5) is 0. The SMILES string of the molecule is [B]c1c(F)cccc1C#N. The molecule has 0 spiro atoms. The molecule has 0 aliphatic carbocycles. The van der Waals surface area contributed by atoms with Gasteiger partial charge < -0.3 is 0 Å². The fourth-order valence-electron chi connectivity index (χ4n) is 0.635. The Labute approximate surface area is 59.5 Å². The molecule has 0 amide bonds. The molecule has 0 N–H and O–H groups in total. The average Bonchev–Trinajstić information content (AvgIpc) is 1.95. The molecule has 0 aliphatic rings. The number of benzene rings is 1. The third-order valence-electron chi connectivity index (χ3n) is 1.17. The standard InChI is InChI=1S/C7H3BFN/c8-7-5(4-10)2-1-3-6(7)9/h1-3H. The molecular formula is C7H3BFN. The second-order valence-electron chi connectivity index (χ2n) is 1.81. The third-order valence-corrected chi connectivity index (χ3v) is 1.17. The number of rotatable bonds is 0. The first-order valence-corrected chi connectivity index (χ1v) is 2.70. The van der Waals surface area contributed by atoms with Gasteiger partial charge in [0.05, 0.1) is 6.07 Å². The summed E-state index contributed by atoms with van der Waals surface area (Å²) < 4.78 is 12.5. The Morgan fingerprint density at radius 3 is 2.70 bits per heavy atom. The molecule has 10 heavy (non-hydrogen) atoms. The van der Waals surface area contributed by atoms with Crippen LogP contribution in [0.15, 0.2) is 18.2 Å². The lowest BCUT2D eigenvalue weighted by Gasteiger charge is -1.95. The van der Waals surface area contributed by atoms with Crippen molar-refractivity contribution in [1.29, 1.82) is 5.26 Å². The van der Waals surface area contributed by atoms with Gasteiger partial charge in [0.25, 0.3) is 0 Å². The van der Waals surface area contributed by atoms with Crippen LogP contribution in [0, 0.1) is 17.1 Å². The number of hydrogen-bond acceptors (Lipinski definition) is 1. The molecule has 0 atom stereocenters. The third kappa shape index (κ3) is 1.01. The molecule has 0 fully saturated rings. The van der Waals surface area contributed by atoms with Crippen LogP contribution in [0.5, 0.6) is 0 Å². The fourth-order valence-corrected chi connectivity index (χ4v) is 0.635.